The van der Waals surface area contributed by atoms with Gasteiger partial charge in [0.25, 0.3) is 0 Å². The van der Waals surface area contributed by atoms with E-state index in [2.05, 4.69) is 18.7 Å². The van der Waals surface area contributed by atoms with E-state index in [-0.39, 0.29) is 17.9 Å². The minimum absolute atomic E-state index is 0.0590. The molecule has 1 heterocycles. The fraction of sp³-hybridized carbons (Fsp3) is 0.900. The van der Waals surface area contributed by atoms with Crippen molar-refractivity contribution in [2.24, 2.45) is 17.4 Å². The van der Waals surface area contributed by atoms with Gasteiger partial charge in [-0.15, -0.1) is 0 Å². The number of carbonyl (C=O) groups excluding carboxylic acids is 1. The lowest BCUT2D eigenvalue weighted by Gasteiger charge is -2.24. The third-order valence-electron chi connectivity index (χ3n) is 3.09. The summed E-state index contributed by atoms with van der Waals surface area (Å²) in [5.41, 5.74) is 11.2. The molecule has 1 aliphatic rings. The van der Waals surface area contributed by atoms with Crippen LogP contribution in [-0.2, 0) is 4.79 Å². The van der Waals surface area contributed by atoms with E-state index < -0.39 is 0 Å². The molecule has 0 radical (unpaired) electrons. The van der Waals surface area contributed by atoms with Crippen molar-refractivity contribution in [3.63, 3.8) is 0 Å². The van der Waals surface area contributed by atoms with Crippen LogP contribution in [0.15, 0.2) is 0 Å². The Morgan fingerprint density at radius 2 is 1.93 bits per heavy atom. The molecule has 4 heteroatoms. The number of primary amides is 1. The standard InChI is InChI=1S/C10H21N3O/c1-7(2)13-5-3-8(10(12)14)9(11)4-6-13/h7-9H,3-6,11H2,1-2H3,(H2,12,14). The molecule has 14 heavy (non-hydrogen) atoms. The van der Waals surface area contributed by atoms with Gasteiger partial charge in [0.2, 0.25) is 5.91 Å². The smallest absolute Gasteiger partial charge is 0.222 e. The van der Waals surface area contributed by atoms with Gasteiger partial charge in [-0.3, -0.25) is 4.79 Å². The molecule has 0 aromatic heterocycles. The molecule has 4 N–H and O–H groups in total. The SMILES string of the molecule is CC(C)N1CCC(N)C(C(N)=O)CC1. The molecule has 0 bridgehead atoms. The van der Waals surface area contributed by atoms with Gasteiger partial charge in [0.05, 0.1) is 5.92 Å². The van der Waals surface area contributed by atoms with Gasteiger partial charge >= 0.3 is 0 Å². The van der Waals surface area contributed by atoms with E-state index in [1.165, 1.54) is 0 Å². The summed E-state index contributed by atoms with van der Waals surface area (Å²) in [6.07, 6.45) is 1.67. The van der Waals surface area contributed by atoms with Crippen LogP contribution in [0, 0.1) is 5.92 Å². The van der Waals surface area contributed by atoms with Crippen molar-refractivity contribution < 1.29 is 4.79 Å². The number of nitrogens with zero attached hydrogens (tertiary/aromatic N) is 1. The van der Waals surface area contributed by atoms with Crippen molar-refractivity contribution in [2.45, 2.75) is 38.8 Å². The highest BCUT2D eigenvalue weighted by atomic mass is 16.1. The summed E-state index contributed by atoms with van der Waals surface area (Å²) in [4.78, 5) is 13.5. The first-order chi connectivity index (χ1) is 6.52. The second-order valence-corrected chi connectivity index (χ2v) is 4.38. The van der Waals surface area contributed by atoms with E-state index in [0.29, 0.717) is 6.04 Å². The van der Waals surface area contributed by atoms with E-state index in [4.69, 9.17) is 11.5 Å². The molecule has 0 saturated carbocycles. The van der Waals surface area contributed by atoms with E-state index in [1.807, 2.05) is 0 Å². The number of hydrogen-bond acceptors (Lipinski definition) is 3. The first-order valence-electron chi connectivity index (χ1n) is 5.31. The Labute approximate surface area is 85.6 Å². The Balaban J connectivity index is 2.58. The van der Waals surface area contributed by atoms with Crippen LogP contribution in [0.2, 0.25) is 0 Å². The minimum atomic E-state index is -0.247. The first kappa shape index (κ1) is 11.5. The lowest BCUT2D eigenvalue weighted by atomic mass is 9.95. The summed E-state index contributed by atoms with van der Waals surface area (Å²) in [7, 11) is 0. The Kier molecular flexibility index (Phi) is 3.89. The van der Waals surface area contributed by atoms with Crippen molar-refractivity contribution in [1.29, 1.82) is 0 Å². The molecule has 1 rings (SSSR count). The molecule has 1 fully saturated rings. The lowest BCUT2D eigenvalue weighted by Crippen LogP contribution is -2.38. The molecule has 1 aliphatic heterocycles. The molecule has 0 aromatic rings. The molecular formula is C10H21N3O. The highest BCUT2D eigenvalue weighted by Crippen LogP contribution is 2.17. The molecule has 1 amide bonds. The zero-order chi connectivity index (χ0) is 10.7. The zero-order valence-corrected chi connectivity index (χ0v) is 9.07. The highest BCUT2D eigenvalue weighted by Gasteiger charge is 2.28. The second-order valence-electron chi connectivity index (χ2n) is 4.38. The van der Waals surface area contributed by atoms with Gasteiger partial charge in [-0.25, -0.2) is 0 Å². The maximum atomic E-state index is 11.1. The average molecular weight is 199 g/mol. The summed E-state index contributed by atoms with van der Waals surface area (Å²) in [5, 5.41) is 0. The summed E-state index contributed by atoms with van der Waals surface area (Å²) in [5.74, 6) is -0.387. The van der Waals surface area contributed by atoms with Crippen LogP contribution < -0.4 is 11.5 Å². The number of hydrogen-bond donors (Lipinski definition) is 2. The molecule has 0 spiro atoms. The lowest BCUT2D eigenvalue weighted by molar-refractivity contribution is -0.122. The van der Waals surface area contributed by atoms with Crippen molar-refractivity contribution in [2.75, 3.05) is 13.1 Å². The number of nitrogens with two attached hydrogens (primary N) is 2. The number of rotatable bonds is 2. The van der Waals surface area contributed by atoms with Gasteiger partial charge in [-0.05, 0) is 39.8 Å². The van der Waals surface area contributed by atoms with Crippen molar-refractivity contribution in [3.05, 3.63) is 0 Å². The molecule has 82 valence electrons. The van der Waals surface area contributed by atoms with Crippen LogP contribution in [0.5, 0.6) is 0 Å². The maximum absolute atomic E-state index is 11.1. The van der Waals surface area contributed by atoms with E-state index in [9.17, 15) is 4.79 Å². The van der Waals surface area contributed by atoms with Crippen molar-refractivity contribution in [1.82, 2.24) is 4.90 Å². The molecule has 0 aromatic carbocycles. The minimum Gasteiger partial charge on any atom is -0.369 e. The van der Waals surface area contributed by atoms with Crippen LogP contribution in [0.25, 0.3) is 0 Å². The fourth-order valence-electron chi connectivity index (χ4n) is 2.02. The largest absolute Gasteiger partial charge is 0.369 e. The molecular weight excluding hydrogens is 178 g/mol. The summed E-state index contributed by atoms with van der Waals surface area (Å²) < 4.78 is 0. The monoisotopic (exact) mass is 199 g/mol. The van der Waals surface area contributed by atoms with Gasteiger partial charge in [-0.2, -0.15) is 0 Å². The highest BCUT2D eigenvalue weighted by molar-refractivity contribution is 5.77. The van der Waals surface area contributed by atoms with Gasteiger partial charge < -0.3 is 16.4 Å². The quantitative estimate of drug-likeness (QED) is 0.653. The zero-order valence-electron chi connectivity index (χ0n) is 9.07. The van der Waals surface area contributed by atoms with Crippen LogP contribution in [0.1, 0.15) is 26.7 Å². The van der Waals surface area contributed by atoms with Gasteiger partial charge in [0.1, 0.15) is 0 Å². The second kappa shape index (κ2) is 4.75. The Morgan fingerprint density at radius 3 is 2.43 bits per heavy atom. The van der Waals surface area contributed by atoms with Crippen LogP contribution >= 0.6 is 0 Å². The fourth-order valence-corrected chi connectivity index (χ4v) is 2.02. The normalized spacial score (nSPS) is 30.3. The molecule has 0 aliphatic carbocycles. The molecule has 1 saturated heterocycles. The van der Waals surface area contributed by atoms with E-state index in [1.54, 1.807) is 0 Å². The third kappa shape index (κ3) is 2.69. The average Bonchev–Trinajstić information content (AvgIpc) is 2.26. The maximum Gasteiger partial charge on any atom is 0.222 e. The Morgan fingerprint density at radius 1 is 1.36 bits per heavy atom. The Hall–Kier alpha value is -0.610. The predicted octanol–water partition coefficient (Wildman–Crippen LogP) is -0.0806. The first-order valence-corrected chi connectivity index (χ1v) is 5.31. The summed E-state index contributed by atoms with van der Waals surface area (Å²) in [6.45, 7) is 6.23. The molecule has 2 unspecified atom stereocenters. The van der Waals surface area contributed by atoms with Gasteiger partial charge in [0.15, 0.2) is 0 Å². The van der Waals surface area contributed by atoms with Crippen LogP contribution in [0.4, 0.5) is 0 Å². The molecule has 4 nitrogen and oxygen atoms in total. The molecule has 2 atom stereocenters. The van der Waals surface area contributed by atoms with E-state index in [0.717, 1.165) is 25.9 Å². The third-order valence-corrected chi connectivity index (χ3v) is 3.09. The summed E-state index contributed by atoms with van der Waals surface area (Å²) in [6, 6.07) is 0.463. The van der Waals surface area contributed by atoms with Crippen molar-refractivity contribution >= 4 is 5.91 Å². The number of carbonyl (C=O) groups is 1. The van der Waals surface area contributed by atoms with Crippen LogP contribution in [-0.4, -0.2) is 36.0 Å². The van der Waals surface area contributed by atoms with Gasteiger partial charge in [-0.1, -0.05) is 0 Å². The van der Waals surface area contributed by atoms with E-state index >= 15 is 0 Å². The van der Waals surface area contributed by atoms with Gasteiger partial charge in [0, 0.05) is 12.1 Å². The Bertz CT molecular complexity index is 206. The summed E-state index contributed by atoms with van der Waals surface area (Å²) >= 11 is 0. The predicted molar refractivity (Wildman–Crippen MR) is 56.6 cm³/mol. The topological polar surface area (TPSA) is 72.3 Å². The number of likely N-dealkylation sites (tertiary alicyclic amines) is 1. The number of amides is 1. The van der Waals surface area contributed by atoms with Crippen molar-refractivity contribution in [3.8, 4) is 0 Å². The van der Waals surface area contributed by atoms with Crippen LogP contribution in [0.3, 0.4) is 0 Å².